The minimum atomic E-state index is -3.81. The van der Waals surface area contributed by atoms with Crippen molar-refractivity contribution >= 4 is 25.7 Å². The third kappa shape index (κ3) is 3.99. The molecule has 0 atom stereocenters. The Kier molecular flexibility index (Phi) is 5.83. The van der Waals surface area contributed by atoms with Crippen molar-refractivity contribution in [3.05, 3.63) is 48.8 Å². The Morgan fingerprint density at radius 1 is 0.963 bits per heavy atom. The Hall–Kier alpha value is -1.97. The van der Waals surface area contributed by atoms with Crippen LogP contribution in [-0.4, -0.2) is 45.8 Å². The molecular weight excluding hydrogens is 386 g/mol. The predicted octanol–water partition coefficient (Wildman–Crippen LogP) is 2.47. The van der Waals surface area contributed by atoms with Crippen LogP contribution in [0.3, 0.4) is 0 Å². The van der Waals surface area contributed by atoms with E-state index in [2.05, 4.69) is 4.98 Å². The zero-order valence-corrected chi connectivity index (χ0v) is 16.8. The van der Waals surface area contributed by atoms with Crippen LogP contribution >= 0.6 is 0 Å². The maximum Gasteiger partial charge on any atom is 0.264 e. The number of aromatic nitrogens is 1. The molecule has 0 aliphatic carbocycles. The van der Waals surface area contributed by atoms with E-state index in [0.717, 1.165) is 19.3 Å². The lowest BCUT2D eigenvalue weighted by atomic mass is 10.2. The summed E-state index contributed by atoms with van der Waals surface area (Å²) < 4.78 is 54.1. The second-order valence-electron chi connectivity index (χ2n) is 6.32. The van der Waals surface area contributed by atoms with Crippen molar-refractivity contribution in [2.75, 3.05) is 23.9 Å². The summed E-state index contributed by atoms with van der Waals surface area (Å²) in [6, 6.07) is 8.78. The summed E-state index contributed by atoms with van der Waals surface area (Å²) in [7, 11) is -7.39. The van der Waals surface area contributed by atoms with E-state index in [1.54, 1.807) is 25.3 Å². The van der Waals surface area contributed by atoms with Crippen LogP contribution in [0, 0.1) is 0 Å². The van der Waals surface area contributed by atoms with Crippen LogP contribution in [0.25, 0.3) is 0 Å². The molecule has 7 nitrogen and oxygen atoms in total. The number of sulfonamides is 2. The number of hydrogen-bond donors (Lipinski definition) is 0. The molecule has 0 bridgehead atoms. The fourth-order valence-corrected chi connectivity index (χ4v) is 6.13. The molecule has 1 aliphatic rings. The van der Waals surface area contributed by atoms with Gasteiger partial charge in [-0.1, -0.05) is 6.42 Å². The van der Waals surface area contributed by atoms with Gasteiger partial charge in [0.25, 0.3) is 10.0 Å². The zero-order chi connectivity index (χ0) is 19.5. The summed E-state index contributed by atoms with van der Waals surface area (Å²) in [5, 5.41) is 0. The lowest BCUT2D eigenvalue weighted by Gasteiger charge is -2.26. The highest BCUT2D eigenvalue weighted by Crippen LogP contribution is 2.25. The number of piperidine rings is 1. The van der Waals surface area contributed by atoms with Gasteiger partial charge in [0.15, 0.2) is 0 Å². The van der Waals surface area contributed by atoms with Gasteiger partial charge in [-0.2, -0.15) is 4.31 Å². The Morgan fingerprint density at radius 3 is 2.15 bits per heavy atom. The normalized spacial score (nSPS) is 16.2. The SMILES string of the molecule is CCN(c1cccnc1)S(=O)(=O)c1ccc(S(=O)(=O)N2CCCCC2)cc1. The first kappa shape index (κ1) is 19.8. The van der Waals surface area contributed by atoms with Crippen LogP contribution in [0.4, 0.5) is 5.69 Å². The molecule has 0 N–H and O–H groups in total. The number of benzene rings is 1. The minimum Gasteiger partial charge on any atom is -0.265 e. The van der Waals surface area contributed by atoms with Crippen molar-refractivity contribution in [2.45, 2.75) is 36.0 Å². The fourth-order valence-electron chi connectivity index (χ4n) is 3.16. The summed E-state index contributed by atoms with van der Waals surface area (Å²) in [5.74, 6) is 0. The van der Waals surface area contributed by atoms with Gasteiger partial charge >= 0.3 is 0 Å². The van der Waals surface area contributed by atoms with Crippen LogP contribution in [0.15, 0.2) is 58.6 Å². The van der Waals surface area contributed by atoms with Crippen molar-refractivity contribution < 1.29 is 16.8 Å². The van der Waals surface area contributed by atoms with Gasteiger partial charge in [0.05, 0.1) is 21.7 Å². The van der Waals surface area contributed by atoms with E-state index in [0.29, 0.717) is 18.8 Å². The fraction of sp³-hybridized carbons (Fsp3) is 0.389. The maximum atomic E-state index is 13.0. The van der Waals surface area contributed by atoms with Crippen LogP contribution in [-0.2, 0) is 20.0 Å². The first-order valence-corrected chi connectivity index (χ1v) is 11.8. The molecule has 1 aromatic carbocycles. The number of pyridine rings is 1. The van der Waals surface area contributed by atoms with Gasteiger partial charge in [-0.05, 0) is 56.2 Å². The highest BCUT2D eigenvalue weighted by molar-refractivity contribution is 7.92. The van der Waals surface area contributed by atoms with Crippen molar-refractivity contribution in [3.8, 4) is 0 Å². The first-order valence-electron chi connectivity index (χ1n) is 8.90. The molecular formula is C18H23N3O4S2. The highest BCUT2D eigenvalue weighted by atomic mass is 32.2. The molecule has 1 aliphatic heterocycles. The molecule has 2 heterocycles. The third-order valence-electron chi connectivity index (χ3n) is 4.59. The van der Waals surface area contributed by atoms with Crippen molar-refractivity contribution in [2.24, 2.45) is 0 Å². The summed E-state index contributed by atoms with van der Waals surface area (Å²) in [5.41, 5.74) is 0.463. The molecule has 0 radical (unpaired) electrons. The molecule has 9 heteroatoms. The monoisotopic (exact) mass is 409 g/mol. The van der Waals surface area contributed by atoms with Gasteiger partial charge in [0.1, 0.15) is 0 Å². The van der Waals surface area contributed by atoms with Crippen LogP contribution in [0.5, 0.6) is 0 Å². The molecule has 0 unspecified atom stereocenters. The molecule has 1 aromatic heterocycles. The van der Waals surface area contributed by atoms with Crippen LogP contribution in [0.2, 0.25) is 0 Å². The smallest absolute Gasteiger partial charge is 0.264 e. The number of rotatable bonds is 6. The zero-order valence-electron chi connectivity index (χ0n) is 15.2. The number of hydrogen-bond acceptors (Lipinski definition) is 5. The van der Waals surface area contributed by atoms with Crippen LogP contribution in [0.1, 0.15) is 26.2 Å². The second-order valence-corrected chi connectivity index (χ2v) is 10.1. The quantitative estimate of drug-likeness (QED) is 0.731. The van der Waals surface area contributed by atoms with Crippen molar-refractivity contribution in [3.63, 3.8) is 0 Å². The molecule has 1 saturated heterocycles. The van der Waals surface area contributed by atoms with Crippen molar-refractivity contribution in [1.82, 2.24) is 9.29 Å². The molecule has 146 valence electrons. The molecule has 1 fully saturated rings. The van der Waals surface area contributed by atoms with Gasteiger partial charge in [-0.25, -0.2) is 16.8 Å². The molecule has 27 heavy (non-hydrogen) atoms. The van der Waals surface area contributed by atoms with Gasteiger partial charge < -0.3 is 0 Å². The van der Waals surface area contributed by atoms with E-state index in [9.17, 15) is 16.8 Å². The third-order valence-corrected chi connectivity index (χ3v) is 8.42. The topological polar surface area (TPSA) is 87.6 Å². The van der Waals surface area contributed by atoms with Crippen LogP contribution < -0.4 is 4.31 Å². The van der Waals surface area contributed by atoms with Gasteiger partial charge in [-0.15, -0.1) is 0 Å². The van der Waals surface area contributed by atoms with E-state index in [1.807, 2.05) is 0 Å². The van der Waals surface area contributed by atoms with E-state index >= 15 is 0 Å². The Balaban J connectivity index is 1.90. The molecule has 3 rings (SSSR count). The molecule has 0 amide bonds. The second kappa shape index (κ2) is 7.95. The van der Waals surface area contributed by atoms with Gasteiger partial charge in [0.2, 0.25) is 10.0 Å². The predicted molar refractivity (Wildman–Crippen MR) is 103 cm³/mol. The Bertz CT molecular complexity index is 969. The maximum absolute atomic E-state index is 13.0. The standard InChI is InChI=1S/C18H23N3O4S2/c1-2-21(16-7-6-12-19-15-16)27(24,25)18-10-8-17(9-11-18)26(22,23)20-13-4-3-5-14-20/h6-12,15H,2-5,13-14H2,1H3. The van der Waals surface area contributed by atoms with E-state index in [1.165, 1.54) is 39.1 Å². The Labute approximate surface area is 160 Å². The lowest BCUT2D eigenvalue weighted by Crippen LogP contribution is -2.35. The minimum absolute atomic E-state index is 0.0470. The van der Waals surface area contributed by atoms with E-state index in [-0.39, 0.29) is 16.3 Å². The molecule has 0 saturated carbocycles. The largest absolute Gasteiger partial charge is 0.265 e. The van der Waals surface area contributed by atoms with Gasteiger partial charge in [-0.3, -0.25) is 9.29 Å². The van der Waals surface area contributed by atoms with Gasteiger partial charge in [0, 0.05) is 25.8 Å². The molecule has 2 aromatic rings. The number of nitrogens with zero attached hydrogens (tertiary/aromatic N) is 3. The molecule has 0 spiro atoms. The van der Waals surface area contributed by atoms with Crippen molar-refractivity contribution in [1.29, 1.82) is 0 Å². The average Bonchev–Trinajstić information content (AvgIpc) is 2.70. The summed E-state index contributed by atoms with van der Waals surface area (Å²) in [6.45, 7) is 2.99. The average molecular weight is 410 g/mol. The lowest BCUT2D eigenvalue weighted by molar-refractivity contribution is 0.346. The van der Waals surface area contributed by atoms with E-state index in [4.69, 9.17) is 0 Å². The highest BCUT2D eigenvalue weighted by Gasteiger charge is 2.28. The summed E-state index contributed by atoms with van der Waals surface area (Å²) in [4.78, 5) is 4.13. The number of anilines is 1. The summed E-state index contributed by atoms with van der Waals surface area (Å²) >= 11 is 0. The van der Waals surface area contributed by atoms with E-state index < -0.39 is 20.0 Å². The Morgan fingerprint density at radius 2 is 1.59 bits per heavy atom. The first-order chi connectivity index (χ1) is 12.9. The summed E-state index contributed by atoms with van der Waals surface area (Å²) in [6.07, 6.45) is 5.79.